The van der Waals surface area contributed by atoms with Crippen LogP contribution < -0.4 is 0 Å². The number of nitrogens with zero attached hydrogens (tertiary/aromatic N) is 3. The van der Waals surface area contributed by atoms with Crippen molar-refractivity contribution >= 4 is 17.2 Å². The average molecular weight is 311 g/mol. The van der Waals surface area contributed by atoms with Crippen molar-refractivity contribution in [1.29, 1.82) is 0 Å². The normalized spacial score (nSPS) is 10.7. The van der Waals surface area contributed by atoms with Crippen molar-refractivity contribution < 1.29 is 13.9 Å². The Balaban J connectivity index is 2.23. The van der Waals surface area contributed by atoms with Crippen molar-refractivity contribution in [1.82, 2.24) is 14.6 Å². The highest BCUT2D eigenvalue weighted by molar-refractivity contribution is 5.89. The van der Waals surface area contributed by atoms with E-state index in [-0.39, 0.29) is 11.5 Å². The van der Waals surface area contributed by atoms with Crippen LogP contribution in [0.5, 0.6) is 0 Å². The minimum Gasteiger partial charge on any atom is -0.464 e. The molecule has 0 saturated heterocycles. The molecule has 2 heterocycles. The number of imidazole rings is 1. The number of halogens is 1. The van der Waals surface area contributed by atoms with Gasteiger partial charge in [-0.05, 0) is 42.8 Å². The quantitative estimate of drug-likeness (QED) is 0.696. The fraction of sp³-hybridized carbons (Fsp3) is 0.118. The van der Waals surface area contributed by atoms with Gasteiger partial charge in [0.05, 0.1) is 19.0 Å². The van der Waals surface area contributed by atoms with Gasteiger partial charge in [-0.3, -0.25) is 0 Å². The van der Waals surface area contributed by atoms with Gasteiger partial charge < -0.3 is 4.74 Å². The van der Waals surface area contributed by atoms with Crippen LogP contribution in [0.1, 0.15) is 23.0 Å². The van der Waals surface area contributed by atoms with Gasteiger partial charge in [-0.2, -0.15) is 5.10 Å². The molecule has 0 radical (unpaired) electrons. The van der Waals surface area contributed by atoms with Crippen LogP contribution in [-0.4, -0.2) is 27.7 Å². The number of hydrogen-bond donors (Lipinski definition) is 0. The van der Waals surface area contributed by atoms with Crippen molar-refractivity contribution in [2.45, 2.75) is 6.92 Å². The maximum absolute atomic E-state index is 13.1. The van der Waals surface area contributed by atoms with Gasteiger partial charge in [0.1, 0.15) is 5.82 Å². The highest BCUT2D eigenvalue weighted by Gasteiger charge is 2.16. The lowest BCUT2D eigenvalue weighted by Gasteiger charge is -2.07. The summed E-state index contributed by atoms with van der Waals surface area (Å²) < 4.78 is 19.3. The van der Waals surface area contributed by atoms with Crippen LogP contribution >= 0.6 is 0 Å². The molecule has 5 nitrogen and oxygen atoms in total. The zero-order valence-corrected chi connectivity index (χ0v) is 12.7. The summed E-state index contributed by atoms with van der Waals surface area (Å²) in [4.78, 5) is 15.9. The number of carbonyl (C=O) groups excluding carboxylic acids is 1. The van der Waals surface area contributed by atoms with E-state index in [0.29, 0.717) is 11.3 Å². The Morgan fingerprint density at radius 3 is 2.61 bits per heavy atom. The summed E-state index contributed by atoms with van der Waals surface area (Å²) in [5.41, 5.74) is 3.60. The summed E-state index contributed by atoms with van der Waals surface area (Å²) in [6, 6.07) is 7.84. The molecule has 0 aliphatic rings. The van der Waals surface area contributed by atoms with Crippen LogP contribution in [0.25, 0.3) is 22.5 Å². The highest BCUT2D eigenvalue weighted by Crippen LogP contribution is 2.25. The molecule has 0 unspecified atom stereocenters. The molecule has 0 bridgehead atoms. The predicted molar refractivity (Wildman–Crippen MR) is 84.4 cm³/mol. The van der Waals surface area contributed by atoms with Crippen LogP contribution in [0.4, 0.5) is 4.39 Å². The van der Waals surface area contributed by atoms with Crippen LogP contribution in [0.2, 0.25) is 0 Å². The highest BCUT2D eigenvalue weighted by atomic mass is 19.1. The molecule has 0 fully saturated rings. The molecular weight excluding hydrogens is 297 g/mol. The third kappa shape index (κ3) is 2.70. The predicted octanol–water partition coefficient (Wildman–Crippen LogP) is 3.36. The Labute approximate surface area is 132 Å². The number of benzene rings is 1. The largest absolute Gasteiger partial charge is 0.464 e. The lowest BCUT2D eigenvalue weighted by Crippen LogP contribution is -2.00. The van der Waals surface area contributed by atoms with Crippen molar-refractivity contribution in [2.75, 3.05) is 7.11 Å². The van der Waals surface area contributed by atoms with Crippen LogP contribution in [-0.2, 0) is 4.74 Å². The minimum atomic E-state index is -0.536. The van der Waals surface area contributed by atoms with E-state index in [1.54, 1.807) is 12.1 Å². The molecule has 23 heavy (non-hydrogen) atoms. The van der Waals surface area contributed by atoms with Gasteiger partial charge in [-0.15, -0.1) is 0 Å². The van der Waals surface area contributed by atoms with Gasteiger partial charge in [0, 0.05) is 11.1 Å². The number of carbonyl (C=O) groups is 1. The smallest absolute Gasteiger partial charge is 0.358 e. The van der Waals surface area contributed by atoms with E-state index >= 15 is 0 Å². The van der Waals surface area contributed by atoms with E-state index in [4.69, 9.17) is 0 Å². The molecule has 0 amide bonds. The number of methoxy groups -OCH3 is 1. The molecule has 3 rings (SSSR count). The first kappa shape index (κ1) is 14.9. The van der Waals surface area contributed by atoms with Gasteiger partial charge in [0.25, 0.3) is 0 Å². The summed E-state index contributed by atoms with van der Waals surface area (Å²) in [7, 11) is 1.30. The van der Waals surface area contributed by atoms with Gasteiger partial charge >= 0.3 is 5.97 Å². The van der Waals surface area contributed by atoms with Crippen LogP contribution in [0, 0.1) is 5.82 Å². The van der Waals surface area contributed by atoms with Gasteiger partial charge in [-0.25, -0.2) is 18.7 Å². The molecular formula is C17H14FN3O2. The van der Waals surface area contributed by atoms with Gasteiger partial charge in [0.15, 0.2) is 11.3 Å². The second-order valence-corrected chi connectivity index (χ2v) is 5.12. The molecule has 6 heteroatoms. The van der Waals surface area contributed by atoms with E-state index in [0.717, 1.165) is 16.7 Å². The molecule has 0 atom stereocenters. The Kier molecular flexibility index (Phi) is 3.65. The van der Waals surface area contributed by atoms with E-state index in [2.05, 4.69) is 21.4 Å². The number of hydrogen-bond acceptors (Lipinski definition) is 4. The van der Waals surface area contributed by atoms with Crippen LogP contribution in [0.15, 0.2) is 43.1 Å². The Bertz CT molecular complexity index is 913. The first-order chi connectivity index (χ1) is 11.0. The van der Waals surface area contributed by atoms with Gasteiger partial charge in [-0.1, -0.05) is 6.58 Å². The Morgan fingerprint density at radius 1 is 1.30 bits per heavy atom. The second-order valence-electron chi connectivity index (χ2n) is 5.12. The number of allylic oxidation sites excluding steroid dienone is 1. The third-order valence-corrected chi connectivity index (χ3v) is 3.42. The minimum absolute atomic E-state index is 0.166. The molecule has 0 spiro atoms. The van der Waals surface area contributed by atoms with E-state index < -0.39 is 5.97 Å². The lowest BCUT2D eigenvalue weighted by molar-refractivity contribution is 0.0594. The Morgan fingerprint density at radius 2 is 2.00 bits per heavy atom. The van der Waals surface area contributed by atoms with Crippen LogP contribution in [0.3, 0.4) is 0 Å². The monoisotopic (exact) mass is 311 g/mol. The number of esters is 1. The van der Waals surface area contributed by atoms with E-state index in [1.807, 2.05) is 13.0 Å². The second kappa shape index (κ2) is 5.64. The molecule has 2 aromatic heterocycles. The molecule has 1 aromatic carbocycles. The third-order valence-electron chi connectivity index (χ3n) is 3.42. The zero-order valence-electron chi connectivity index (χ0n) is 12.7. The summed E-state index contributed by atoms with van der Waals surface area (Å²) in [6.07, 6.45) is 1.50. The summed E-state index contributed by atoms with van der Waals surface area (Å²) in [5.74, 6) is -0.850. The first-order valence-electron chi connectivity index (χ1n) is 6.90. The summed E-state index contributed by atoms with van der Waals surface area (Å²) in [6.45, 7) is 5.78. The average Bonchev–Trinajstić information content (AvgIpc) is 2.97. The lowest BCUT2D eigenvalue weighted by atomic mass is 10.1. The molecule has 0 N–H and O–H groups in total. The van der Waals surface area contributed by atoms with E-state index in [1.165, 1.54) is 30.0 Å². The summed E-state index contributed by atoms with van der Waals surface area (Å²) in [5, 5.41) is 4.44. The van der Waals surface area contributed by atoms with Crippen molar-refractivity contribution in [3.8, 4) is 11.3 Å². The fourth-order valence-electron chi connectivity index (χ4n) is 2.26. The molecule has 116 valence electrons. The molecule has 0 saturated carbocycles. The number of rotatable bonds is 3. The zero-order chi connectivity index (χ0) is 16.6. The van der Waals surface area contributed by atoms with Crippen molar-refractivity contribution in [3.05, 3.63) is 60.2 Å². The van der Waals surface area contributed by atoms with Gasteiger partial charge in [0.2, 0.25) is 0 Å². The molecule has 0 aliphatic carbocycles. The van der Waals surface area contributed by atoms with Crippen molar-refractivity contribution in [2.24, 2.45) is 0 Å². The summed E-state index contributed by atoms with van der Waals surface area (Å²) >= 11 is 0. The number of ether oxygens (including phenoxy) is 1. The van der Waals surface area contributed by atoms with Crippen molar-refractivity contribution in [3.63, 3.8) is 0 Å². The number of aromatic nitrogens is 3. The molecule has 3 aromatic rings. The maximum atomic E-state index is 13.1. The first-order valence-corrected chi connectivity index (χ1v) is 6.90. The van der Waals surface area contributed by atoms with E-state index in [9.17, 15) is 9.18 Å². The SMILES string of the molecule is C=C(C)c1cc(-c2ccc(F)cc2)nn2cc(C(=O)OC)nc12. The molecule has 0 aliphatic heterocycles. The standard InChI is InChI=1S/C17H14FN3O2/c1-10(2)13-8-14(11-4-6-12(18)7-5-11)20-21-9-15(17(22)23-3)19-16(13)21/h4-9H,1H2,2-3H3. The topological polar surface area (TPSA) is 56.5 Å². The Hall–Kier alpha value is -3.02. The maximum Gasteiger partial charge on any atom is 0.358 e. The number of fused-ring (bicyclic) bond motifs is 1. The fourth-order valence-corrected chi connectivity index (χ4v) is 2.26.